The summed E-state index contributed by atoms with van der Waals surface area (Å²) in [5.74, 6) is -2.36. The van der Waals surface area contributed by atoms with E-state index in [9.17, 15) is 56.2 Å². The highest BCUT2D eigenvalue weighted by Gasteiger charge is 2.59. The van der Waals surface area contributed by atoms with Crippen LogP contribution in [0.2, 0.25) is 0 Å². The maximum absolute atomic E-state index is 10.6. The van der Waals surface area contributed by atoms with Crippen LogP contribution in [0.1, 0.15) is 0 Å². The van der Waals surface area contributed by atoms with Crippen molar-refractivity contribution in [2.45, 2.75) is 85.5 Å². The smallest absolute Gasteiger partial charge is 0.224 e. The molecule has 11 N–H and O–H groups in total. The van der Waals surface area contributed by atoms with Crippen LogP contribution in [-0.2, 0) is 23.7 Å². The van der Waals surface area contributed by atoms with Crippen molar-refractivity contribution in [3.05, 3.63) is 0 Å². The Morgan fingerprint density at radius 1 is 0.588 bits per heavy atom. The summed E-state index contributed by atoms with van der Waals surface area (Å²) >= 11 is 0. The fraction of sp³-hybridized carbons (Fsp3) is 1.00. The third-order valence-electron chi connectivity index (χ3n) is 6.18. The minimum atomic E-state index is -2.36. The minimum Gasteiger partial charge on any atom is -0.394 e. The molecule has 3 aliphatic rings. The van der Waals surface area contributed by atoms with Gasteiger partial charge in [-0.25, -0.2) is 0 Å². The molecule has 0 aromatic rings. The molecular weight excluding hydrogens is 472 g/mol. The summed E-state index contributed by atoms with van der Waals surface area (Å²) in [4.78, 5) is 0. The van der Waals surface area contributed by atoms with Gasteiger partial charge in [-0.2, -0.15) is 0 Å². The highest BCUT2D eigenvalue weighted by Crippen LogP contribution is 2.37. The van der Waals surface area contributed by atoms with Gasteiger partial charge in [0.05, 0.1) is 19.8 Å². The van der Waals surface area contributed by atoms with E-state index >= 15 is 0 Å². The molecule has 200 valence electrons. The molecule has 0 amide bonds. The third-order valence-corrected chi connectivity index (χ3v) is 6.18. The molecule has 1 unspecified atom stereocenters. The maximum Gasteiger partial charge on any atom is 0.224 e. The Morgan fingerprint density at radius 2 is 1.15 bits per heavy atom. The predicted molar refractivity (Wildman–Crippen MR) is 101 cm³/mol. The normalized spacial score (nSPS) is 52.1. The molecule has 0 spiro atoms. The zero-order valence-electron chi connectivity index (χ0n) is 17.8. The molecule has 16 nitrogen and oxygen atoms in total. The molecule has 0 radical (unpaired) electrons. The summed E-state index contributed by atoms with van der Waals surface area (Å²) in [5, 5.41) is 109. The molecule has 3 rings (SSSR count). The zero-order chi connectivity index (χ0) is 25.4. The fourth-order valence-corrected chi connectivity index (χ4v) is 4.12. The molecule has 0 bridgehead atoms. The van der Waals surface area contributed by atoms with Gasteiger partial charge in [-0.15, -0.1) is 0 Å². The topological polar surface area (TPSA) is 269 Å². The Kier molecular flexibility index (Phi) is 9.18. The number of aliphatic hydroxyl groups excluding tert-OH is 11. The van der Waals surface area contributed by atoms with Gasteiger partial charge in [0, 0.05) is 0 Å². The van der Waals surface area contributed by atoms with Gasteiger partial charge in [0.2, 0.25) is 5.79 Å². The first-order valence-corrected chi connectivity index (χ1v) is 10.6. The molecule has 3 saturated heterocycles. The van der Waals surface area contributed by atoms with Crippen LogP contribution in [0.5, 0.6) is 0 Å². The van der Waals surface area contributed by atoms with E-state index in [4.69, 9.17) is 23.7 Å². The van der Waals surface area contributed by atoms with Crippen molar-refractivity contribution in [3.8, 4) is 0 Å². The first-order valence-electron chi connectivity index (χ1n) is 10.6. The van der Waals surface area contributed by atoms with Crippen LogP contribution in [0.3, 0.4) is 0 Å². The van der Waals surface area contributed by atoms with Gasteiger partial charge in [0.1, 0.15) is 73.8 Å². The summed E-state index contributed by atoms with van der Waals surface area (Å²) in [6, 6.07) is 0. The lowest BCUT2D eigenvalue weighted by atomic mass is 9.97. The van der Waals surface area contributed by atoms with Crippen LogP contribution < -0.4 is 0 Å². The van der Waals surface area contributed by atoms with E-state index in [0.717, 1.165) is 0 Å². The predicted octanol–water partition coefficient (Wildman–Crippen LogP) is -7.57. The largest absolute Gasteiger partial charge is 0.394 e. The third kappa shape index (κ3) is 4.96. The van der Waals surface area contributed by atoms with E-state index < -0.39 is 112 Å². The van der Waals surface area contributed by atoms with E-state index in [0.29, 0.717) is 0 Å². The van der Waals surface area contributed by atoms with Gasteiger partial charge in [-0.05, 0) is 0 Å². The molecular formula is C18H32O16. The standard InChI is InChI=1S/C18H32O16/c19-1-5-8(23)10(25)12(27)16(30-5)32-14-7(3-21)31-17(13(28)11(14)26)34-18(4-22)15(29)9(24)6(2-20)33-18/h5-17,19-29H,1-4H2/t5-,6-,7-,8-,9-,10+,11-,12-,13-,14?,15+,16-,17-,18+/m1/s1. The Hall–Kier alpha value is -0.640. The van der Waals surface area contributed by atoms with Crippen molar-refractivity contribution in [3.63, 3.8) is 0 Å². The van der Waals surface area contributed by atoms with Crippen molar-refractivity contribution >= 4 is 0 Å². The molecule has 14 atom stereocenters. The Morgan fingerprint density at radius 3 is 1.68 bits per heavy atom. The summed E-state index contributed by atoms with van der Waals surface area (Å²) in [7, 11) is 0. The molecule has 0 aromatic heterocycles. The Balaban J connectivity index is 1.74. The summed E-state index contributed by atoms with van der Waals surface area (Å²) < 4.78 is 26.6. The molecule has 3 fully saturated rings. The van der Waals surface area contributed by atoms with Crippen molar-refractivity contribution in [2.75, 3.05) is 26.4 Å². The average Bonchev–Trinajstić information content (AvgIpc) is 3.08. The second-order valence-electron chi connectivity index (χ2n) is 8.37. The van der Waals surface area contributed by atoms with Crippen LogP contribution >= 0.6 is 0 Å². The quantitative estimate of drug-likeness (QED) is 0.146. The number of aliphatic hydroxyl groups is 11. The molecule has 0 aliphatic carbocycles. The van der Waals surface area contributed by atoms with Gasteiger partial charge in [0.25, 0.3) is 0 Å². The zero-order valence-corrected chi connectivity index (χ0v) is 17.8. The van der Waals surface area contributed by atoms with E-state index in [-0.39, 0.29) is 0 Å². The average molecular weight is 504 g/mol. The Labute approximate surface area is 192 Å². The second-order valence-corrected chi connectivity index (χ2v) is 8.37. The van der Waals surface area contributed by atoms with Crippen molar-refractivity contribution in [1.82, 2.24) is 0 Å². The van der Waals surface area contributed by atoms with Gasteiger partial charge in [-0.1, -0.05) is 0 Å². The summed E-state index contributed by atoms with van der Waals surface area (Å²) in [6.45, 7) is -3.39. The van der Waals surface area contributed by atoms with Gasteiger partial charge < -0.3 is 79.9 Å². The lowest BCUT2D eigenvalue weighted by Gasteiger charge is -2.47. The molecule has 3 heterocycles. The van der Waals surface area contributed by atoms with Crippen molar-refractivity contribution < 1.29 is 79.9 Å². The first-order chi connectivity index (χ1) is 16.0. The van der Waals surface area contributed by atoms with Crippen LogP contribution in [0.25, 0.3) is 0 Å². The van der Waals surface area contributed by atoms with Gasteiger partial charge in [-0.3, -0.25) is 0 Å². The van der Waals surface area contributed by atoms with E-state index in [2.05, 4.69) is 0 Å². The molecule has 3 aliphatic heterocycles. The number of hydrogen-bond donors (Lipinski definition) is 11. The van der Waals surface area contributed by atoms with Crippen molar-refractivity contribution in [1.29, 1.82) is 0 Å². The number of hydrogen-bond acceptors (Lipinski definition) is 16. The lowest BCUT2D eigenvalue weighted by Crippen LogP contribution is -2.66. The molecule has 34 heavy (non-hydrogen) atoms. The maximum atomic E-state index is 10.6. The summed E-state index contributed by atoms with van der Waals surface area (Å²) in [5.41, 5.74) is 0. The van der Waals surface area contributed by atoms with Crippen LogP contribution in [0, 0.1) is 0 Å². The molecule has 0 saturated carbocycles. The van der Waals surface area contributed by atoms with Gasteiger partial charge >= 0.3 is 0 Å². The van der Waals surface area contributed by atoms with Crippen LogP contribution in [0.15, 0.2) is 0 Å². The van der Waals surface area contributed by atoms with Crippen molar-refractivity contribution in [2.24, 2.45) is 0 Å². The van der Waals surface area contributed by atoms with Crippen LogP contribution in [-0.4, -0.2) is 168 Å². The first kappa shape index (κ1) is 27.9. The number of ether oxygens (including phenoxy) is 5. The fourth-order valence-electron chi connectivity index (χ4n) is 4.12. The second kappa shape index (κ2) is 11.2. The lowest BCUT2D eigenvalue weighted by molar-refractivity contribution is -0.398. The van der Waals surface area contributed by atoms with E-state index in [1.165, 1.54) is 0 Å². The molecule has 16 heteroatoms. The SMILES string of the molecule is OC[C@H]1O[C@H](O[C@]2(CO)O[C@H](CO)[C@@H](O)[C@@H]2O)[C@H](O)[C@@H](O)C1O[C@H]1O[C@H](CO)[C@@H](O)[C@H](O)[C@H]1O. The summed E-state index contributed by atoms with van der Waals surface area (Å²) in [6.07, 6.45) is -22.0. The highest BCUT2D eigenvalue weighted by molar-refractivity contribution is 4.99. The molecule has 0 aromatic carbocycles. The van der Waals surface area contributed by atoms with Gasteiger partial charge in [0.15, 0.2) is 12.6 Å². The number of rotatable bonds is 8. The monoisotopic (exact) mass is 504 g/mol. The highest BCUT2D eigenvalue weighted by atomic mass is 16.8. The minimum absolute atomic E-state index is 0.742. The Bertz CT molecular complexity index is 651. The van der Waals surface area contributed by atoms with E-state index in [1.807, 2.05) is 0 Å². The van der Waals surface area contributed by atoms with Crippen LogP contribution in [0.4, 0.5) is 0 Å². The van der Waals surface area contributed by atoms with E-state index in [1.54, 1.807) is 0 Å².